The highest BCUT2D eigenvalue weighted by Gasteiger charge is 2.18. The minimum atomic E-state index is -3.50. The van der Waals surface area contributed by atoms with Crippen molar-refractivity contribution in [2.24, 2.45) is 4.99 Å². The van der Waals surface area contributed by atoms with Crippen molar-refractivity contribution in [3.8, 4) is 23.8 Å². The molecule has 0 unspecified atom stereocenters. The number of nitrogens with zero attached hydrogens (tertiary/aromatic N) is 2. The van der Waals surface area contributed by atoms with E-state index in [0.717, 1.165) is 10.2 Å². The molecule has 2 heterocycles. The summed E-state index contributed by atoms with van der Waals surface area (Å²) >= 11 is 7.11. The van der Waals surface area contributed by atoms with E-state index in [9.17, 15) is 13.2 Å². The highest BCUT2D eigenvalue weighted by atomic mass is 35.5. The maximum absolute atomic E-state index is 12.4. The minimum Gasteiger partial charge on any atom is -0.454 e. The van der Waals surface area contributed by atoms with Gasteiger partial charge in [0.25, 0.3) is 0 Å². The molecule has 0 saturated carbocycles. The Balaban J connectivity index is 1.52. The van der Waals surface area contributed by atoms with E-state index in [2.05, 4.69) is 10.9 Å². The molecule has 1 aromatic heterocycles. The fourth-order valence-corrected chi connectivity index (χ4v) is 5.62. The summed E-state index contributed by atoms with van der Waals surface area (Å²) in [5.41, 5.74) is 0.795. The third kappa shape index (κ3) is 4.61. The molecular weight excluding hydrogens is 460 g/mol. The topological polar surface area (TPSA) is 87.0 Å². The van der Waals surface area contributed by atoms with Crippen molar-refractivity contribution in [2.75, 3.05) is 12.5 Å². The van der Waals surface area contributed by atoms with Crippen LogP contribution in [0.25, 0.3) is 10.2 Å². The molecule has 1 aliphatic heterocycles. The Morgan fingerprint density at radius 3 is 2.65 bits per heavy atom. The van der Waals surface area contributed by atoms with E-state index in [-0.39, 0.29) is 36.8 Å². The number of benzene rings is 2. The quantitative estimate of drug-likeness (QED) is 0.509. The summed E-state index contributed by atoms with van der Waals surface area (Å²) in [5, 5.41) is 0.458. The average molecular weight is 477 g/mol. The van der Waals surface area contributed by atoms with Gasteiger partial charge in [0, 0.05) is 23.6 Å². The van der Waals surface area contributed by atoms with Crippen LogP contribution in [0.5, 0.6) is 11.5 Å². The summed E-state index contributed by atoms with van der Waals surface area (Å²) in [6.45, 7) is 0.396. The van der Waals surface area contributed by atoms with Gasteiger partial charge in [0.15, 0.2) is 26.1 Å². The van der Waals surface area contributed by atoms with Crippen LogP contribution in [0, 0.1) is 12.3 Å². The van der Waals surface area contributed by atoms with Crippen molar-refractivity contribution in [3.05, 3.63) is 46.2 Å². The van der Waals surface area contributed by atoms with Crippen LogP contribution in [-0.2, 0) is 21.2 Å². The van der Waals surface area contributed by atoms with Gasteiger partial charge in [-0.2, -0.15) is 4.99 Å². The number of terminal acetylenes is 1. The number of carbonyl (C=O) groups excluding carboxylic acids is 1. The molecule has 0 atom stereocenters. The molecule has 10 heteroatoms. The lowest BCUT2D eigenvalue weighted by atomic mass is 10.3. The average Bonchev–Trinajstić information content (AvgIpc) is 3.31. The molecule has 0 spiro atoms. The minimum absolute atomic E-state index is 0.000158. The van der Waals surface area contributed by atoms with E-state index in [1.54, 1.807) is 4.57 Å². The maximum atomic E-state index is 12.4. The first-order chi connectivity index (χ1) is 14.9. The number of fused-ring (bicyclic) bond motifs is 2. The number of hydrogen-bond donors (Lipinski definition) is 0. The standard InChI is InChI=1S/C21H17ClN2O5S2/c1-2-9-24-16-11-17-18(29-13-28-17)12-19(16)30-21(24)23-20(25)4-3-10-31(26,27)15-7-5-14(22)6-8-15/h1,5-8,11-12H,3-4,9-10,13H2. The molecule has 3 aromatic rings. The summed E-state index contributed by atoms with van der Waals surface area (Å²) < 4.78 is 38.2. The van der Waals surface area contributed by atoms with Crippen molar-refractivity contribution < 1.29 is 22.7 Å². The highest BCUT2D eigenvalue weighted by molar-refractivity contribution is 7.91. The first-order valence-electron chi connectivity index (χ1n) is 9.30. The molecular formula is C21H17ClN2O5S2. The fraction of sp³-hybridized carbons (Fsp3) is 0.238. The Morgan fingerprint density at radius 1 is 1.23 bits per heavy atom. The van der Waals surface area contributed by atoms with Gasteiger partial charge in [-0.3, -0.25) is 4.79 Å². The van der Waals surface area contributed by atoms with E-state index in [1.165, 1.54) is 35.6 Å². The molecule has 0 saturated heterocycles. The number of thiazole rings is 1. The lowest BCUT2D eigenvalue weighted by Crippen LogP contribution is -2.17. The molecule has 31 heavy (non-hydrogen) atoms. The van der Waals surface area contributed by atoms with Crippen LogP contribution in [0.15, 0.2) is 46.3 Å². The van der Waals surface area contributed by atoms with E-state index in [4.69, 9.17) is 27.5 Å². The van der Waals surface area contributed by atoms with Crippen LogP contribution in [0.4, 0.5) is 0 Å². The smallest absolute Gasteiger partial charge is 0.248 e. The number of halogens is 1. The Kier molecular flexibility index (Phi) is 6.05. The zero-order valence-electron chi connectivity index (χ0n) is 16.2. The second-order valence-electron chi connectivity index (χ2n) is 6.73. The number of aromatic nitrogens is 1. The van der Waals surface area contributed by atoms with E-state index in [0.29, 0.717) is 21.3 Å². The molecule has 4 rings (SSSR count). The van der Waals surface area contributed by atoms with Gasteiger partial charge in [0.1, 0.15) is 0 Å². The molecule has 0 radical (unpaired) electrons. The second kappa shape index (κ2) is 8.75. The Bertz CT molecular complexity index is 1370. The van der Waals surface area contributed by atoms with E-state index in [1.807, 2.05) is 12.1 Å². The van der Waals surface area contributed by atoms with Gasteiger partial charge in [0.05, 0.1) is 27.4 Å². The zero-order valence-corrected chi connectivity index (χ0v) is 18.6. The maximum Gasteiger partial charge on any atom is 0.248 e. The Morgan fingerprint density at radius 2 is 1.94 bits per heavy atom. The van der Waals surface area contributed by atoms with Crippen LogP contribution in [-0.4, -0.2) is 31.4 Å². The van der Waals surface area contributed by atoms with Crippen molar-refractivity contribution >= 4 is 48.9 Å². The summed E-state index contributed by atoms with van der Waals surface area (Å²) in [4.78, 5) is 17.2. The highest BCUT2D eigenvalue weighted by Crippen LogP contribution is 2.36. The van der Waals surface area contributed by atoms with Crippen molar-refractivity contribution in [3.63, 3.8) is 0 Å². The molecule has 1 aliphatic rings. The lowest BCUT2D eigenvalue weighted by molar-refractivity contribution is -0.118. The zero-order chi connectivity index (χ0) is 22.0. The summed E-state index contributed by atoms with van der Waals surface area (Å²) in [5.74, 6) is 3.24. The van der Waals surface area contributed by atoms with Crippen LogP contribution >= 0.6 is 22.9 Å². The summed E-state index contributed by atoms with van der Waals surface area (Å²) in [7, 11) is -3.50. The fourth-order valence-electron chi connectivity index (χ4n) is 3.12. The van der Waals surface area contributed by atoms with Crippen molar-refractivity contribution in [1.29, 1.82) is 0 Å². The molecule has 2 aromatic carbocycles. The van der Waals surface area contributed by atoms with E-state index >= 15 is 0 Å². The van der Waals surface area contributed by atoms with Crippen LogP contribution in [0.2, 0.25) is 5.02 Å². The largest absolute Gasteiger partial charge is 0.454 e. The molecule has 0 fully saturated rings. The Labute approximate surface area is 187 Å². The third-order valence-corrected chi connectivity index (χ3v) is 7.73. The van der Waals surface area contributed by atoms with Crippen LogP contribution < -0.4 is 14.3 Å². The van der Waals surface area contributed by atoms with Crippen LogP contribution in [0.1, 0.15) is 12.8 Å². The van der Waals surface area contributed by atoms with Gasteiger partial charge in [-0.25, -0.2) is 8.42 Å². The molecule has 1 amide bonds. The normalized spacial score (nSPS) is 13.5. The molecule has 160 valence electrons. The molecule has 0 aliphatic carbocycles. The molecule has 7 nitrogen and oxygen atoms in total. The van der Waals surface area contributed by atoms with Gasteiger partial charge in [-0.05, 0) is 30.7 Å². The predicted octanol–water partition coefficient (Wildman–Crippen LogP) is 3.40. The first-order valence-corrected chi connectivity index (χ1v) is 12.1. The number of ether oxygens (including phenoxy) is 2. The number of amides is 1. The van der Waals surface area contributed by atoms with Crippen molar-refractivity contribution in [1.82, 2.24) is 4.57 Å². The number of sulfone groups is 1. The number of rotatable bonds is 6. The van der Waals surface area contributed by atoms with Gasteiger partial charge >= 0.3 is 0 Å². The van der Waals surface area contributed by atoms with Gasteiger partial charge in [-0.15, -0.1) is 6.42 Å². The van der Waals surface area contributed by atoms with Crippen molar-refractivity contribution in [2.45, 2.75) is 24.3 Å². The Hall–Kier alpha value is -2.80. The SMILES string of the molecule is C#CCn1c(=NC(=O)CCCS(=O)(=O)c2ccc(Cl)cc2)sc2cc3c(cc21)OCO3. The summed E-state index contributed by atoms with van der Waals surface area (Å²) in [6.07, 6.45) is 5.65. The lowest BCUT2D eigenvalue weighted by Gasteiger charge is -2.03. The molecule has 0 bridgehead atoms. The van der Waals surface area contributed by atoms with Crippen LogP contribution in [0.3, 0.4) is 0 Å². The number of carbonyl (C=O) groups is 1. The van der Waals surface area contributed by atoms with Gasteiger partial charge in [0.2, 0.25) is 12.7 Å². The second-order valence-corrected chi connectivity index (χ2v) is 10.3. The van der Waals surface area contributed by atoms with E-state index < -0.39 is 15.7 Å². The first kappa shape index (κ1) is 21.4. The number of hydrogen-bond acceptors (Lipinski definition) is 6. The molecule has 0 N–H and O–H groups in total. The summed E-state index contributed by atoms with van der Waals surface area (Å²) in [6, 6.07) is 9.59. The van der Waals surface area contributed by atoms with Gasteiger partial charge < -0.3 is 14.0 Å². The predicted molar refractivity (Wildman–Crippen MR) is 118 cm³/mol. The third-order valence-electron chi connectivity index (χ3n) is 4.62. The monoisotopic (exact) mass is 476 g/mol. The van der Waals surface area contributed by atoms with Gasteiger partial charge in [-0.1, -0.05) is 28.9 Å².